The molecule has 1 aliphatic heterocycles. The summed E-state index contributed by atoms with van der Waals surface area (Å²) < 4.78 is 7.03. The van der Waals surface area contributed by atoms with Crippen molar-refractivity contribution in [3.8, 4) is 0 Å². The lowest BCUT2D eigenvalue weighted by Crippen LogP contribution is -2.41. The molecule has 6 nitrogen and oxygen atoms in total. The highest BCUT2D eigenvalue weighted by atomic mass is 16.5. The van der Waals surface area contributed by atoms with E-state index in [1.165, 1.54) is 5.56 Å². The molecule has 0 bridgehead atoms. The Labute approximate surface area is 155 Å². The number of benzene rings is 1. The van der Waals surface area contributed by atoms with E-state index in [9.17, 15) is 4.79 Å². The molecule has 2 atom stereocenters. The average Bonchev–Trinajstić information content (AvgIpc) is 3.31. The Morgan fingerprint density at radius 2 is 2.12 bits per heavy atom. The van der Waals surface area contributed by atoms with Gasteiger partial charge >= 0.3 is 0 Å². The molecule has 0 spiro atoms. The maximum absolute atomic E-state index is 13.3. The van der Waals surface area contributed by atoms with Crippen LogP contribution < -0.4 is 5.32 Å². The fraction of sp³-hybridized carbons (Fsp3) is 0.500. The third-order valence-corrected chi connectivity index (χ3v) is 5.07. The van der Waals surface area contributed by atoms with Gasteiger partial charge in [-0.2, -0.15) is 5.10 Å². The van der Waals surface area contributed by atoms with Crippen molar-refractivity contribution in [1.82, 2.24) is 20.0 Å². The van der Waals surface area contributed by atoms with Crippen molar-refractivity contribution >= 4 is 5.91 Å². The van der Waals surface area contributed by atoms with Crippen molar-refractivity contribution in [2.24, 2.45) is 13.0 Å². The van der Waals surface area contributed by atoms with Gasteiger partial charge in [-0.3, -0.25) is 9.48 Å². The van der Waals surface area contributed by atoms with Crippen LogP contribution in [0.25, 0.3) is 0 Å². The molecular weight excluding hydrogens is 328 g/mol. The van der Waals surface area contributed by atoms with Gasteiger partial charge in [0.1, 0.15) is 0 Å². The second kappa shape index (κ2) is 8.96. The molecule has 0 unspecified atom stereocenters. The number of ether oxygens (including phenoxy) is 1. The molecule has 26 heavy (non-hydrogen) atoms. The van der Waals surface area contributed by atoms with E-state index in [2.05, 4.69) is 22.5 Å². The van der Waals surface area contributed by atoms with Gasteiger partial charge in [-0.15, -0.1) is 0 Å². The van der Waals surface area contributed by atoms with Crippen LogP contribution in [0.1, 0.15) is 17.0 Å². The fourth-order valence-electron chi connectivity index (χ4n) is 3.60. The van der Waals surface area contributed by atoms with E-state index >= 15 is 0 Å². The van der Waals surface area contributed by atoms with Gasteiger partial charge in [-0.1, -0.05) is 30.3 Å². The zero-order valence-corrected chi connectivity index (χ0v) is 15.6. The van der Waals surface area contributed by atoms with Gasteiger partial charge in [-0.05, 0) is 17.5 Å². The average molecular weight is 356 g/mol. The Bertz CT molecular complexity index is 701. The molecule has 3 rings (SSSR count). The standard InChI is InChI=1S/C20H28N4O2/c1-23-15-17(12-22-23)18-13-21-14-19(18)20(25)24(10-11-26-2)9-8-16-6-4-3-5-7-16/h3-7,12,15,18-19,21H,8-11,13-14H2,1-2H3/t18-,19+/m1/s1. The van der Waals surface area contributed by atoms with Crippen molar-refractivity contribution in [1.29, 1.82) is 0 Å². The van der Waals surface area contributed by atoms with Crippen molar-refractivity contribution in [3.63, 3.8) is 0 Å². The Balaban J connectivity index is 1.69. The summed E-state index contributed by atoms with van der Waals surface area (Å²) in [6, 6.07) is 10.3. The first-order valence-corrected chi connectivity index (χ1v) is 9.20. The zero-order valence-electron chi connectivity index (χ0n) is 15.6. The van der Waals surface area contributed by atoms with E-state index in [0.717, 1.165) is 18.5 Å². The van der Waals surface area contributed by atoms with E-state index in [-0.39, 0.29) is 17.7 Å². The first-order valence-electron chi connectivity index (χ1n) is 9.20. The summed E-state index contributed by atoms with van der Waals surface area (Å²) in [4.78, 5) is 15.2. The van der Waals surface area contributed by atoms with Crippen LogP contribution in [0.2, 0.25) is 0 Å². The van der Waals surface area contributed by atoms with Gasteiger partial charge in [0, 0.05) is 52.5 Å². The SMILES string of the molecule is COCCN(CCc1ccccc1)C(=O)[C@H]1CNC[C@@H]1c1cnn(C)c1. The van der Waals surface area contributed by atoms with Crippen LogP contribution in [-0.4, -0.2) is 60.5 Å². The summed E-state index contributed by atoms with van der Waals surface area (Å²) in [5.74, 6) is 0.335. The number of methoxy groups -OCH3 is 1. The van der Waals surface area contributed by atoms with Crippen molar-refractivity contribution in [2.75, 3.05) is 39.9 Å². The first kappa shape index (κ1) is 18.6. The summed E-state index contributed by atoms with van der Waals surface area (Å²) in [5, 5.41) is 7.65. The van der Waals surface area contributed by atoms with Gasteiger partial charge < -0.3 is 15.0 Å². The van der Waals surface area contributed by atoms with Gasteiger partial charge in [0.2, 0.25) is 5.91 Å². The number of carbonyl (C=O) groups is 1. The third kappa shape index (κ3) is 4.51. The predicted octanol–water partition coefficient (Wildman–Crippen LogP) is 1.44. The molecule has 0 aliphatic carbocycles. The molecule has 1 fully saturated rings. The predicted molar refractivity (Wildman–Crippen MR) is 101 cm³/mol. The topological polar surface area (TPSA) is 59.4 Å². The summed E-state index contributed by atoms with van der Waals surface area (Å²) in [6.45, 7) is 3.42. The molecule has 1 saturated heterocycles. The van der Waals surface area contributed by atoms with Gasteiger partial charge in [0.25, 0.3) is 0 Å². The van der Waals surface area contributed by atoms with Crippen LogP contribution in [0, 0.1) is 5.92 Å². The summed E-state index contributed by atoms with van der Waals surface area (Å²) in [5.41, 5.74) is 2.38. The molecule has 1 aromatic heterocycles. The lowest BCUT2D eigenvalue weighted by atomic mass is 9.89. The highest BCUT2D eigenvalue weighted by Crippen LogP contribution is 2.29. The Morgan fingerprint density at radius 3 is 2.81 bits per heavy atom. The molecule has 140 valence electrons. The molecule has 0 radical (unpaired) electrons. The lowest BCUT2D eigenvalue weighted by Gasteiger charge is -2.27. The van der Waals surface area contributed by atoms with Crippen LogP contribution in [0.4, 0.5) is 0 Å². The number of aryl methyl sites for hydroxylation is 1. The lowest BCUT2D eigenvalue weighted by molar-refractivity contribution is -0.136. The smallest absolute Gasteiger partial charge is 0.227 e. The first-order chi connectivity index (χ1) is 12.7. The second-order valence-corrected chi connectivity index (χ2v) is 6.87. The molecule has 1 aromatic carbocycles. The van der Waals surface area contributed by atoms with Crippen LogP contribution in [0.3, 0.4) is 0 Å². The molecule has 6 heteroatoms. The molecule has 1 amide bonds. The highest BCUT2D eigenvalue weighted by molar-refractivity contribution is 5.80. The molecule has 1 aliphatic rings. The third-order valence-electron chi connectivity index (χ3n) is 5.07. The van der Waals surface area contributed by atoms with Crippen molar-refractivity contribution < 1.29 is 9.53 Å². The minimum absolute atomic E-state index is 0.0492. The highest BCUT2D eigenvalue weighted by Gasteiger charge is 2.36. The number of carbonyl (C=O) groups excluding carboxylic acids is 1. The van der Waals surface area contributed by atoms with Crippen LogP contribution in [0.15, 0.2) is 42.7 Å². The maximum Gasteiger partial charge on any atom is 0.227 e. The number of aromatic nitrogens is 2. The molecule has 0 saturated carbocycles. The fourth-order valence-corrected chi connectivity index (χ4v) is 3.60. The molecule has 2 aromatic rings. The monoisotopic (exact) mass is 356 g/mol. The van der Waals surface area contributed by atoms with Gasteiger partial charge in [0.15, 0.2) is 0 Å². The summed E-state index contributed by atoms with van der Waals surface area (Å²) in [7, 11) is 3.59. The Hall–Kier alpha value is -2.18. The molecular formula is C20H28N4O2. The number of hydrogen-bond donors (Lipinski definition) is 1. The maximum atomic E-state index is 13.3. The summed E-state index contributed by atoms with van der Waals surface area (Å²) in [6.07, 6.45) is 4.75. The Morgan fingerprint density at radius 1 is 1.31 bits per heavy atom. The van der Waals surface area contributed by atoms with Crippen LogP contribution in [-0.2, 0) is 23.0 Å². The van der Waals surface area contributed by atoms with Gasteiger partial charge in [-0.25, -0.2) is 0 Å². The van der Waals surface area contributed by atoms with Crippen LogP contribution >= 0.6 is 0 Å². The van der Waals surface area contributed by atoms with Crippen molar-refractivity contribution in [3.05, 3.63) is 53.9 Å². The summed E-state index contributed by atoms with van der Waals surface area (Å²) >= 11 is 0. The van der Waals surface area contributed by atoms with Crippen molar-refractivity contribution in [2.45, 2.75) is 12.3 Å². The number of amides is 1. The minimum Gasteiger partial charge on any atom is -0.383 e. The quantitative estimate of drug-likeness (QED) is 0.778. The van der Waals surface area contributed by atoms with E-state index in [4.69, 9.17) is 4.74 Å². The van der Waals surface area contributed by atoms with E-state index in [1.807, 2.05) is 42.5 Å². The number of rotatable bonds is 8. The molecule has 1 N–H and O–H groups in total. The Kier molecular flexibility index (Phi) is 6.41. The largest absolute Gasteiger partial charge is 0.383 e. The number of nitrogens with zero attached hydrogens (tertiary/aromatic N) is 3. The van der Waals surface area contributed by atoms with Crippen LogP contribution in [0.5, 0.6) is 0 Å². The van der Waals surface area contributed by atoms with E-state index in [1.54, 1.807) is 11.8 Å². The van der Waals surface area contributed by atoms with E-state index in [0.29, 0.717) is 26.2 Å². The molecule has 2 heterocycles. The van der Waals surface area contributed by atoms with E-state index < -0.39 is 0 Å². The number of hydrogen-bond acceptors (Lipinski definition) is 4. The van der Waals surface area contributed by atoms with Gasteiger partial charge in [0.05, 0.1) is 18.7 Å². The zero-order chi connectivity index (χ0) is 18.4. The number of nitrogens with one attached hydrogen (secondary N) is 1. The minimum atomic E-state index is -0.0492. The second-order valence-electron chi connectivity index (χ2n) is 6.87. The normalized spacial score (nSPS) is 19.6.